The van der Waals surface area contributed by atoms with Crippen LogP contribution in [0, 0.1) is 0 Å². The summed E-state index contributed by atoms with van der Waals surface area (Å²) in [5.74, 6) is -4.12. The van der Waals surface area contributed by atoms with E-state index < -0.39 is 52.1 Å². The van der Waals surface area contributed by atoms with E-state index in [1.54, 1.807) is 33.8 Å². The molecule has 1 aliphatic carbocycles. The minimum absolute atomic E-state index is 0.0449. The SMILES string of the molecule is CCOC(=O)c1cn(-c2ccc3c(c2)n(C(=O)OC(C)(C)C)c(=O)n3C)c(=O)n([C@@H]2CCc3c2cccc3C(C)(F)F)c1=O. The molecule has 0 radical (unpaired) electrons. The van der Waals surface area contributed by atoms with E-state index >= 15 is 0 Å². The number of hydrogen-bond acceptors (Lipinski definition) is 7. The Morgan fingerprint density at radius 3 is 2.34 bits per heavy atom. The minimum Gasteiger partial charge on any atom is -0.462 e. The predicted octanol–water partition coefficient (Wildman–Crippen LogP) is 4.26. The van der Waals surface area contributed by atoms with E-state index in [4.69, 9.17) is 9.47 Å². The van der Waals surface area contributed by atoms with Gasteiger partial charge in [0.25, 0.3) is 11.5 Å². The lowest BCUT2D eigenvalue weighted by molar-refractivity contribution is 0.0166. The second kappa shape index (κ2) is 10.7. The summed E-state index contributed by atoms with van der Waals surface area (Å²) in [6, 6.07) is 7.81. The van der Waals surface area contributed by atoms with Gasteiger partial charge in [-0.1, -0.05) is 18.2 Å². The van der Waals surface area contributed by atoms with Gasteiger partial charge in [-0.15, -0.1) is 0 Å². The van der Waals surface area contributed by atoms with Gasteiger partial charge >= 0.3 is 23.4 Å². The van der Waals surface area contributed by atoms with E-state index in [1.165, 1.54) is 41.9 Å². The normalized spacial score (nSPS) is 15.0. The molecule has 5 rings (SSSR count). The summed E-state index contributed by atoms with van der Waals surface area (Å²) in [4.78, 5) is 66.8. The molecule has 0 saturated carbocycles. The molecular weight excluding hydrogens is 578 g/mol. The van der Waals surface area contributed by atoms with Crippen LogP contribution in [0.15, 0.2) is 57.0 Å². The number of ether oxygens (including phenoxy) is 2. The molecule has 2 aromatic heterocycles. The molecule has 0 N–H and O–H groups in total. The second-order valence-corrected chi connectivity index (χ2v) is 11.7. The standard InChI is InChI=1S/C31H32F2N4O7/c1-7-43-26(39)20-16-35(17-11-13-23-24(15-17)37(27(40)34(23)6)29(42)44-30(2,3)4)28(41)36(25(20)38)22-14-12-18-19(22)9-8-10-21(18)31(5,32)33/h8-11,13,15-16,22H,7,12,14H2,1-6H3/t22-/m1/s1. The van der Waals surface area contributed by atoms with Crippen molar-refractivity contribution in [1.82, 2.24) is 18.3 Å². The molecule has 2 heterocycles. The summed E-state index contributed by atoms with van der Waals surface area (Å²) in [5, 5.41) is 0. The lowest BCUT2D eigenvalue weighted by Crippen LogP contribution is -2.44. The minimum atomic E-state index is -3.15. The Morgan fingerprint density at radius 2 is 1.70 bits per heavy atom. The first kappa shape index (κ1) is 30.6. The van der Waals surface area contributed by atoms with Crippen molar-refractivity contribution in [2.45, 2.75) is 65.0 Å². The van der Waals surface area contributed by atoms with Gasteiger partial charge in [-0.3, -0.25) is 18.5 Å². The molecule has 0 amide bonds. The average Bonchev–Trinajstić information content (AvgIpc) is 3.45. The number of nitrogens with zero attached hydrogens (tertiary/aromatic N) is 4. The Labute approximate surface area is 249 Å². The summed E-state index contributed by atoms with van der Waals surface area (Å²) >= 11 is 0. The number of carbonyl (C=O) groups excluding carboxylic acids is 2. The van der Waals surface area contributed by atoms with Gasteiger partial charge in [0.2, 0.25) is 0 Å². The third kappa shape index (κ3) is 5.16. The third-order valence-corrected chi connectivity index (χ3v) is 7.53. The summed E-state index contributed by atoms with van der Waals surface area (Å²) < 4.78 is 43.4. The van der Waals surface area contributed by atoms with E-state index in [9.17, 15) is 32.8 Å². The molecule has 0 bridgehead atoms. The summed E-state index contributed by atoms with van der Waals surface area (Å²) in [6.07, 6.45) is 0.472. The van der Waals surface area contributed by atoms with Crippen molar-refractivity contribution in [2.75, 3.05) is 6.61 Å². The number of aromatic nitrogens is 4. The van der Waals surface area contributed by atoms with Crippen LogP contribution in [-0.4, -0.2) is 42.5 Å². The number of rotatable bonds is 5. The van der Waals surface area contributed by atoms with Gasteiger partial charge in [0.1, 0.15) is 11.2 Å². The number of esters is 1. The molecule has 44 heavy (non-hydrogen) atoms. The summed E-state index contributed by atoms with van der Waals surface area (Å²) in [5.41, 5.74) is -2.68. The third-order valence-electron chi connectivity index (χ3n) is 7.53. The lowest BCUT2D eigenvalue weighted by Gasteiger charge is -2.20. The first-order chi connectivity index (χ1) is 20.5. The Hall–Kier alpha value is -4.81. The van der Waals surface area contributed by atoms with Crippen molar-refractivity contribution in [3.63, 3.8) is 0 Å². The highest BCUT2D eigenvalue weighted by Crippen LogP contribution is 2.40. The van der Waals surface area contributed by atoms with Gasteiger partial charge in [-0.25, -0.2) is 28.0 Å². The quantitative estimate of drug-likeness (QED) is 0.310. The Kier molecular flexibility index (Phi) is 7.47. The molecule has 1 atom stereocenters. The highest BCUT2D eigenvalue weighted by atomic mass is 19.3. The topological polar surface area (TPSA) is 124 Å². The van der Waals surface area contributed by atoms with Gasteiger partial charge in [0.05, 0.1) is 29.4 Å². The second-order valence-electron chi connectivity index (χ2n) is 11.7. The van der Waals surface area contributed by atoms with Crippen LogP contribution in [0.2, 0.25) is 0 Å². The Bertz CT molecular complexity index is 2010. The number of fused-ring (bicyclic) bond motifs is 2. The molecule has 0 fully saturated rings. The largest absolute Gasteiger partial charge is 0.462 e. The number of imidazole rings is 1. The van der Waals surface area contributed by atoms with Crippen LogP contribution in [0.3, 0.4) is 0 Å². The number of halogens is 2. The van der Waals surface area contributed by atoms with E-state index in [-0.39, 0.29) is 36.2 Å². The number of benzene rings is 2. The average molecular weight is 611 g/mol. The molecule has 0 saturated heterocycles. The fraction of sp³-hybridized carbons (Fsp3) is 0.387. The van der Waals surface area contributed by atoms with Crippen LogP contribution >= 0.6 is 0 Å². The molecule has 1 aliphatic rings. The van der Waals surface area contributed by atoms with Gasteiger partial charge in [0, 0.05) is 25.7 Å². The van der Waals surface area contributed by atoms with Gasteiger partial charge < -0.3 is 9.47 Å². The number of aryl methyl sites for hydroxylation is 1. The van der Waals surface area contributed by atoms with E-state index in [1.807, 2.05) is 0 Å². The zero-order valence-corrected chi connectivity index (χ0v) is 25.1. The summed E-state index contributed by atoms with van der Waals surface area (Å²) in [7, 11) is 1.47. The van der Waals surface area contributed by atoms with Crippen LogP contribution in [0.1, 0.15) is 74.1 Å². The molecule has 4 aromatic rings. The monoisotopic (exact) mass is 610 g/mol. The van der Waals surface area contributed by atoms with Crippen molar-refractivity contribution in [3.05, 3.63) is 96.2 Å². The van der Waals surface area contributed by atoms with Crippen LogP contribution < -0.4 is 16.9 Å². The summed E-state index contributed by atoms with van der Waals surface area (Å²) in [6.45, 7) is 7.25. The zero-order chi connectivity index (χ0) is 32.3. The van der Waals surface area contributed by atoms with Crippen LogP contribution in [0.25, 0.3) is 16.7 Å². The van der Waals surface area contributed by atoms with E-state index in [0.29, 0.717) is 16.6 Å². The smallest absolute Gasteiger partial charge is 0.423 e. The predicted molar refractivity (Wildman–Crippen MR) is 157 cm³/mol. The lowest BCUT2D eigenvalue weighted by atomic mass is 9.98. The van der Waals surface area contributed by atoms with Crippen molar-refractivity contribution in [1.29, 1.82) is 0 Å². The first-order valence-electron chi connectivity index (χ1n) is 14.1. The van der Waals surface area contributed by atoms with Crippen LogP contribution in [0.5, 0.6) is 0 Å². The molecule has 13 heteroatoms. The van der Waals surface area contributed by atoms with Gasteiger partial charge in [-0.05, 0) is 69.9 Å². The van der Waals surface area contributed by atoms with Crippen LogP contribution in [0.4, 0.5) is 13.6 Å². The highest BCUT2D eigenvalue weighted by Gasteiger charge is 2.36. The first-order valence-corrected chi connectivity index (χ1v) is 14.1. The molecule has 2 aromatic carbocycles. The number of hydrogen-bond donors (Lipinski definition) is 0. The van der Waals surface area contributed by atoms with E-state index in [2.05, 4.69) is 0 Å². The molecule has 0 aliphatic heterocycles. The van der Waals surface area contributed by atoms with Crippen molar-refractivity contribution in [3.8, 4) is 5.69 Å². The van der Waals surface area contributed by atoms with Gasteiger partial charge in [-0.2, -0.15) is 4.57 Å². The fourth-order valence-electron chi connectivity index (χ4n) is 5.66. The maximum absolute atomic E-state index is 14.4. The Morgan fingerprint density at radius 1 is 1.00 bits per heavy atom. The highest BCUT2D eigenvalue weighted by molar-refractivity contribution is 5.89. The molecular formula is C31H32F2N4O7. The van der Waals surface area contributed by atoms with Crippen LogP contribution in [-0.2, 0) is 28.9 Å². The van der Waals surface area contributed by atoms with E-state index in [0.717, 1.165) is 26.8 Å². The molecule has 0 spiro atoms. The van der Waals surface area contributed by atoms with Crippen molar-refractivity contribution < 1.29 is 27.8 Å². The Balaban J connectivity index is 1.76. The number of alkyl halides is 2. The van der Waals surface area contributed by atoms with Crippen molar-refractivity contribution >= 4 is 23.1 Å². The van der Waals surface area contributed by atoms with Gasteiger partial charge in [0.15, 0.2) is 0 Å². The molecule has 11 nitrogen and oxygen atoms in total. The maximum atomic E-state index is 14.4. The zero-order valence-electron chi connectivity index (χ0n) is 25.1. The fourth-order valence-corrected chi connectivity index (χ4v) is 5.66. The molecule has 232 valence electrons. The maximum Gasteiger partial charge on any atom is 0.423 e. The molecule has 0 unspecified atom stereocenters. The number of carbonyl (C=O) groups is 2. The van der Waals surface area contributed by atoms with Crippen molar-refractivity contribution in [2.24, 2.45) is 7.05 Å².